The van der Waals surface area contributed by atoms with Crippen LogP contribution in [0.4, 0.5) is 10.5 Å². The number of nitrogens with zero attached hydrogens (tertiary/aromatic N) is 4. The minimum Gasteiger partial charge on any atom is -0.303 e. The first-order chi connectivity index (χ1) is 16.0. The molecular formula is C26H38N6O. The molecule has 1 saturated carbocycles. The molecule has 2 saturated heterocycles. The zero-order chi connectivity index (χ0) is 22.8. The molecule has 2 N–H and O–H groups in total. The Morgan fingerprint density at radius 3 is 2.76 bits per heavy atom. The van der Waals surface area contributed by atoms with Gasteiger partial charge in [0.25, 0.3) is 0 Å². The van der Waals surface area contributed by atoms with Crippen LogP contribution in [0.25, 0.3) is 5.52 Å². The molecular weight excluding hydrogens is 412 g/mol. The third-order valence-electron chi connectivity index (χ3n) is 8.07. The second kappa shape index (κ2) is 9.84. The lowest BCUT2D eigenvalue weighted by atomic mass is 9.89. The van der Waals surface area contributed by atoms with Gasteiger partial charge >= 0.3 is 6.03 Å². The molecule has 2 aliphatic heterocycles. The molecule has 0 spiro atoms. The lowest BCUT2D eigenvalue weighted by Gasteiger charge is -2.34. The molecule has 2 unspecified atom stereocenters. The van der Waals surface area contributed by atoms with E-state index in [9.17, 15) is 4.79 Å². The molecule has 5 rings (SSSR count). The summed E-state index contributed by atoms with van der Waals surface area (Å²) < 4.78 is 1.85. The van der Waals surface area contributed by atoms with E-state index in [0.717, 1.165) is 35.4 Å². The van der Waals surface area contributed by atoms with Gasteiger partial charge in [0.15, 0.2) is 0 Å². The van der Waals surface area contributed by atoms with Crippen molar-refractivity contribution < 1.29 is 4.79 Å². The predicted octanol–water partition coefficient (Wildman–Crippen LogP) is 4.70. The Hall–Kier alpha value is -2.41. The van der Waals surface area contributed by atoms with Gasteiger partial charge in [-0.25, -0.2) is 9.31 Å². The molecule has 2 aromatic heterocycles. The predicted molar refractivity (Wildman–Crippen MR) is 132 cm³/mol. The Kier molecular flexibility index (Phi) is 6.67. The summed E-state index contributed by atoms with van der Waals surface area (Å²) in [7, 11) is 0. The van der Waals surface area contributed by atoms with Gasteiger partial charge in [0.2, 0.25) is 0 Å². The van der Waals surface area contributed by atoms with E-state index in [2.05, 4.69) is 34.4 Å². The number of amides is 2. The maximum absolute atomic E-state index is 12.4. The smallest absolute Gasteiger partial charge is 0.303 e. The maximum atomic E-state index is 12.4. The Labute approximate surface area is 197 Å². The van der Waals surface area contributed by atoms with Crippen LogP contribution in [-0.2, 0) is 6.42 Å². The number of fused-ring (bicyclic) bond motifs is 1. The fourth-order valence-corrected chi connectivity index (χ4v) is 5.98. The fourth-order valence-electron chi connectivity index (χ4n) is 5.98. The van der Waals surface area contributed by atoms with Crippen molar-refractivity contribution in [2.75, 3.05) is 31.1 Å². The molecule has 4 heterocycles. The quantitative estimate of drug-likeness (QED) is 0.648. The van der Waals surface area contributed by atoms with E-state index in [0.29, 0.717) is 13.0 Å². The van der Waals surface area contributed by atoms with Crippen molar-refractivity contribution in [3.8, 4) is 0 Å². The average molecular weight is 451 g/mol. The molecule has 7 heteroatoms. The van der Waals surface area contributed by atoms with E-state index in [1.807, 2.05) is 10.7 Å². The van der Waals surface area contributed by atoms with Gasteiger partial charge in [0.1, 0.15) is 5.84 Å². The number of anilines is 1. The standard InChI is InChI=1S/C26H38N6O/c1-19-3-2-4-21(6-5-19)18-30-11-7-20(8-12-30)15-22-9-14-32-23(16-22)24(17-28-32)31-13-10-25(27)29-26(31)33/h9,14,16-17,19-21H,2-8,10-13,15,18H2,1H3,(H2,27,29,33). The van der Waals surface area contributed by atoms with Crippen LogP contribution in [0.2, 0.25) is 0 Å². The van der Waals surface area contributed by atoms with Crippen molar-refractivity contribution in [3.05, 3.63) is 30.1 Å². The van der Waals surface area contributed by atoms with Gasteiger partial charge in [-0.15, -0.1) is 0 Å². The van der Waals surface area contributed by atoms with Gasteiger partial charge in [-0.1, -0.05) is 26.2 Å². The van der Waals surface area contributed by atoms with Crippen LogP contribution in [-0.4, -0.2) is 52.6 Å². The number of carbonyl (C=O) groups excluding carboxylic acids is 1. The zero-order valence-electron chi connectivity index (χ0n) is 19.9. The maximum Gasteiger partial charge on any atom is 0.327 e. The molecule has 2 atom stereocenters. The lowest BCUT2D eigenvalue weighted by Crippen LogP contribution is -2.49. The van der Waals surface area contributed by atoms with Crippen molar-refractivity contribution in [2.45, 2.75) is 64.7 Å². The number of rotatable bonds is 5. The summed E-state index contributed by atoms with van der Waals surface area (Å²) in [6.45, 7) is 6.72. The Morgan fingerprint density at radius 2 is 1.94 bits per heavy atom. The highest BCUT2D eigenvalue weighted by molar-refractivity contribution is 6.08. The largest absolute Gasteiger partial charge is 0.327 e. The Balaban J connectivity index is 1.18. The number of carbonyl (C=O) groups is 1. The van der Waals surface area contributed by atoms with Crippen molar-refractivity contribution in [3.63, 3.8) is 0 Å². The molecule has 3 aliphatic rings. The first-order valence-electron chi connectivity index (χ1n) is 12.9. The lowest BCUT2D eigenvalue weighted by molar-refractivity contribution is 0.154. The van der Waals surface area contributed by atoms with E-state index in [4.69, 9.17) is 5.41 Å². The van der Waals surface area contributed by atoms with E-state index in [-0.39, 0.29) is 11.9 Å². The number of hydrogen-bond acceptors (Lipinski definition) is 4. The first kappa shape index (κ1) is 22.4. The van der Waals surface area contributed by atoms with Crippen LogP contribution in [0.3, 0.4) is 0 Å². The van der Waals surface area contributed by atoms with Gasteiger partial charge in [-0.2, -0.15) is 5.10 Å². The van der Waals surface area contributed by atoms with Gasteiger partial charge in [0, 0.05) is 25.7 Å². The molecule has 178 valence electrons. The topological polar surface area (TPSA) is 76.7 Å². The fraction of sp³-hybridized carbons (Fsp3) is 0.654. The Morgan fingerprint density at radius 1 is 1.09 bits per heavy atom. The van der Waals surface area contributed by atoms with Crippen LogP contribution in [0.15, 0.2) is 24.5 Å². The summed E-state index contributed by atoms with van der Waals surface area (Å²) in [5.41, 5.74) is 3.12. The highest BCUT2D eigenvalue weighted by Crippen LogP contribution is 2.30. The monoisotopic (exact) mass is 450 g/mol. The van der Waals surface area contributed by atoms with E-state index >= 15 is 0 Å². The van der Waals surface area contributed by atoms with Crippen LogP contribution >= 0.6 is 0 Å². The summed E-state index contributed by atoms with van der Waals surface area (Å²) in [6.07, 6.45) is 15.1. The highest BCUT2D eigenvalue weighted by atomic mass is 16.2. The number of aromatic nitrogens is 2. The number of amidine groups is 1. The summed E-state index contributed by atoms with van der Waals surface area (Å²) in [5, 5.41) is 14.8. The molecule has 2 aromatic rings. The van der Waals surface area contributed by atoms with Crippen molar-refractivity contribution >= 4 is 23.1 Å². The molecule has 2 amide bonds. The number of pyridine rings is 1. The van der Waals surface area contributed by atoms with E-state index in [1.54, 1.807) is 11.1 Å². The summed E-state index contributed by atoms with van der Waals surface area (Å²) in [6, 6.07) is 4.14. The van der Waals surface area contributed by atoms with Crippen molar-refractivity contribution in [2.24, 2.45) is 17.8 Å². The third kappa shape index (κ3) is 5.24. The highest BCUT2D eigenvalue weighted by Gasteiger charge is 2.26. The molecule has 0 radical (unpaired) electrons. The van der Waals surface area contributed by atoms with Gasteiger partial charge < -0.3 is 4.90 Å². The van der Waals surface area contributed by atoms with Crippen LogP contribution in [0.1, 0.15) is 63.9 Å². The van der Waals surface area contributed by atoms with E-state index in [1.165, 1.54) is 70.1 Å². The van der Waals surface area contributed by atoms with E-state index < -0.39 is 0 Å². The minimum absolute atomic E-state index is 0.234. The van der Waals surface area contributed by atoms with Crippen molar-refractivity contribution in [1.82, 2.24) is 19.8 Å². The van der Waals surface area contributed by atoms with Gasteiger partial charge in [-0.05, 0) is 80.6 Å². The van der Waals surface area contributed by atoms with Crippen molar-refractivity contribution in [1.29, 1.82) is 5.41 Å². The number of piperidine rings is 1. The van der Waals surface area contributed by atoms with Crippen LogP contribution < -0.4 is 10.2 Å². The normalized spacial score (nSPS) is 25.9. The summed E-state index contributed by atoms with van der Waals surface area (Å²) in [4.78, 5) is 16.8. The van der Waals surface area contributed by atoms with Gasteiger partial charge in [-0.3, -0.25) is 15.6 Å². The first-order valence-corrected chi connectivity index (χ1v) is 12.9. The molecule has 1 aliphatic carbocycles. The minimum atomic E-state index is -0.234. The van der Waals surface area contributed by atoms with Crippen LogP contribution in [0.5, 0.6) is 0 Å². The SMILES string of the molecule is CC1CCCC(CN2CCC(Cc3ccn4ncc(N5CCC(=N)NC5=O)c4c3)CC2)CC1. The number of hydrogen-bond donors (Lipinski definition) is 2. The second-order valence-electron chi connectivity index (χ2n) is 10.6. The molecule has 0 aromatic carbocycles. The summed E-state index contributed by atoms with van der Waals surface area (Å²) in [5.74, 6) is 2.84. The number of nitrogens with one attached hydrogen (secondary N) is 2. The van der Waals surface area contributed by atoms with Crippen LogP contribution in [0, 0.1) is 23.2 Å². The second-order valence-corrected chi connectivity index (χ2v) is 10.6. The summed E-state index contributed by atoms with van der Waals surface area (Å²) >= 11 is 0. The molecule has 33 heavy (non-hydrogen) atoms. The molecule has 3 fully saturated rings. The molecule has 0 bridgehead atoms. The molecule has 7 nitrogen and oxygen atoms in total. The number of likely N-dealkylation sites (tertiary alicyclic amines) is 1. The van der Waals surface area contributed by atoms with Gasteiger partial charge in [0.05, 0.1) is 17.4 Å². The zero-order valence-corrected chi connectivity index (χ0v) is 19.9. The Bertz CT molecular complexity index is 992. The average Bonchev–Trinajstić information content (AvgIpc) is 3.10. The third-order valence-corrected chi connectivity index (χ3v) is 8.07. The number of urea groups is 1.